The van der Waals surface area contributed by atoms with Crippen molar-refractivity contribution in [2.45, 2.75) is 0 Å². The number of hydrogen-bond donors (Lipinski definition) is 1. The lowest BCUT2D eigenvalue weighted by Gasteiger charge is -2.09. The summed E-state index contributed by atoms with van der Waals surface area (Å²) in [6, 6.07) is 8.71. The second kappa shape index (κ2) is 4.66. The van der Waals surface area contributed by atoms with E-state index in [0.717, 1.165) is 23.0 Å². The average molecular weight is 324 g/mol. The molecule has 0 aliphatic heterocycles. The summed E-state index contributed by atoms with van der Waals surface area (Å²) in [6.07, 6.45) is 1.80. The Balaban J connectivity index is 2.02. The molecule has 0 amide bonds. The molecule has 1 heterocycles. The molecule has 0 fully saturated rings. The number of benzene rings is 2. The number of hydrogen-bond acceptors (Lipinski definition) is 1. The molecule has 0 aliphatic rings. The first-order chi connectivity index (χ1) is 9.13. The molecule has 0 saturated carbocycles. The van der Waals surface area contributed by atoms with Crippen molar-refractivity contribution in [2.75, 3.05) is 0 Å². The largest absolute Gasteiger partial charge is 0.453 e. The fourth-order valence-corrected chi connectivity index (χ4v) is 2.23. The van der Waals surface area contributed by atoms with Crippen LogP contribution in [0.2, 0.25) is 0 Å². The van der Waals surface area contributed by atoms with Gasteiger partial charge in [0.05, 0.1) is 4.47 Å². The number of aromatic nitrogens is 1. The van der Waals surface area contributed by atoms with E-state index in [1.54, 1.807) is 12.3 Å². The van der Waals surface area contributed by atoms with E-state index < -0.39 is 11.6 Å². The first kappa shape index (κ1) is 12.2. The Labute approximate surface area is 116 Å². The zero-order valence-electron chi connectivity index (χ0n) is 9.58. The maximum absolute atomic E-state index is 13.5. The van der Waals surface area contributed by atoms with Crippen molar-refractivity contribution in [2.24, 2.45) is 0 Å². The number of rotatable bonds is 2. The molecule has 0 atom stereocenters. The summed E-state index contributed by atoms with van der Waals surface area (Å²) in [5.74, 6) is -0.916. The highest BCUT2D eigenvalue weighted by Gasteiger charge is 2.10. The SMILES string of the molecule is Fc1ccc(Oc2cc3cc[nH]c3cc2Br)c(F)c1. The van der Waals surface area contributed by atoms with Crippen LogP contribution >= 0.6 is 15.9 Å². The van der Waals surface area contributed by atoms with Crippen LogP contribution < -0.4 is 4.74 Å². The zero-order chi connectivity index (χ0) is 13.4. The number of H-pyrrole nitrogens is 1. The van der Waals surface area contributed by atoms with Gasteiger partial charge in [-0.15, -0.1) is 0 Å². The van der Waals surface area contributed by atoms with Crippen molar-refractivity contribution >= 4 is 26.8 Å². The molecule has 1 aromatic heterocycles. The molecule has 96 valence electrons. The normalized spacial score (nSPS) is 10.9. The van der Waals surface area contributed by atoms with Crippen LogP contribution in [0, 0.1) is 11.6 Å². The van der Waals surface area contributed by atoms with Gasteiger partial charge in [0.1, 0.15) is 11.6 Å². The van der Waals surface area contributed by atoms with Gasteiger partial charge in [-0.25, -0.2) is 8.78 Å². The molecule has 0 bridgehead atoms. The minimum Gasteiger partial charge on any atom is -0.453 e. The highest BCUT2D eigenvalue weighted by Crippen LogP contribution is 2.34. The maximum Gasteiger partial charge on any atom is 0.168 e. The van der Waals surface area contributed by atoms with Crippen LogP contribution in [0.25, 0.3) is 10.9 Å². The molecule has 0 saturated heterocycles. The van der Waals surface area contributed by atoms with Crippen molar-refractivity contribution in [1.29, 1.82) is 0 Å². The third-order valence-electron chi connectivity index (χ3n) is 2.72. The van der Waals surface area contributed by atoms with E-state index in [4.69, 9.17) is 4.74 Å². The number of fused-ring (bicyclic) bond motifs is 1. The second-order valence-electron chi connectivity index (χ2n) is 4.02. The Bertz CT molecular complexity index is 754. The van der Waals surface area contributed by atoms with Crippen molar-refractivity contribution in [3.05, 3.63) is 58.7 Å². The van der Waals surface area contributed by atoms with Crippen LogP contribution in [0.3, 0.4) is 0 Å². The van der Waals surface area contributed by atoms with Gasteiger partial charge in [-0.05, 0) is 46.3 Å². The van der Waals surface area contributed by atoms with E-state index in [0.29, 0.717) is 10.2 Å². The van der Waals surface area contributed by atoms with Gasteiger partial charge in [-0.1, -0.05) is 0 Å². The Hall–Kier alpha value is -1.88. The van der Waals surface area contributed by atoms with Crippen LogP contribution in [0.5, 0.6) is 11.5 Å². The summed E-state index contributed by atoms with van der Waals surface area (Å²) in [7, 11) is 0. The average Bonchev–Trinajstić information content (AvgIpc) is 2.80. The summed E-state index contributed by atoms with van der Waals surface area (Å²) in [6.45, 7) is 0. The Morgan fingerprint density at radius 1 is 1.00 bits per heavy atom. The first-order valence-electron chi connectivity index (χ1n) is 5.53. The molecule has 0 unspecified atom stereocenters. The highest BCUT2D eigenvalue weighted by atomic mass is 79.9. The lowest BCUT2D eigenvalue weighted by molar-refractivity contribution is 0.436. The molecule has 1 N–H and O–H groups in total. The molecule has 2 aromatic carbocycles. The van der Waals surface area contributed by atoms with Gasteiger partial charge in [0.15, 0.2) is 11.6 Å². The lowest BCUT2D eigenvalue weighted by Crippen LogP contribution is -1.90. The summed E-state index contributed by atoms with van der Waals surface area (Å²) >= 11 is 3.36. The third kappa shape index (κ3) is 2.33. The quantitative estimate of drug-likeness (QED) is 0.705. The number of ether oxygens (including phenoxy) is 1. The van der Waals surface area contributed by atoms with Gasteiger partial charge in [-0.3, -0.25) is 0 Å². The fraction of sp³-hybridized carbons (Fsp3) is 0. The van der Waals surface area contributed by atoms with Crippen LogP contribution in [0.1, 0.15) is 0 Å². The van der Waals surface area contributed by atoms with Crippen LogP contribution in [-0.2, 0) is 0 Å². The number of nitrogens with one attached hydrogen (secondary N) is 1. The standard InChI is InChI=1S/C14H8BrF2NO/c15-10-7-12-8(3-4-18-12)5-14(10)19-13-2-1-9(16)6-11(13)17/h1-7,18H. The molecule has 2 nitrogen and oxygen atoms in total. The maximum atomic E-state index is 13.5. The summed E-state index contributed by atoms with van der Waals surface area (Å²) in [5, 5.41) is 0.945. The monoisotopic (exact) mass is 323 g/mol. The highest BCUT2D eigenvalue weighted by molar-refractivity contribution is 9.10. The minimum atomic E-state index is -0.735. The zero-order valence-corrected chi connectivity index (χ0v) is 11.2. The van der Waals surface area contributed by atoms with Crippen LogP contribution in [-0.4, -0.2) is 4.98 Å². The Kier molecular flexibility index (Phi) is 2.98. The molecule has 5 heteroatoms. The molecule has 3 rings (SSSR count). The van der Waals surface area contributed by atoms with Gasteiger partial charge in [0.2, 0.25) is 0 Å². The van der Waals surface area contributed by atoms with Gasteiger partial charge in [0, 0.05) is 23.2 Å². The summed E-state index contributed by atoms with van der Waals surface area (Å²) in [5.41, 5.74) is 0.943. The summed E-state index contributed by atoms with van der Waals surface area (Å²) < 4.78 is 32.5. The van der Waals surface area contributed by atoms with Gasteiger partial charge in [-0.2, -0.15) is 0 Å². The van der Waals surface area contributed by atoms with E-state index in [2.05, 4.69) is 20.9 Å². The number of aromatic amines is 1. The van der Waals surface area contributed by atoms with E-state index >= 15 is 0 Å². The Morgan fingerprint density at radius 2 is 1.84 bits per heavy atom. The van der Waals surface area contributed by atoms with Crippen molar-refractivity contribution in [3.8, 4) is 11.5 Å². The van der Waals surface area contributed by atoms with E-state index in [1.807, 2.05) is 12.1 Å². The molecule has 3 aromatic rings. The predicted molar refractivity (Wildman–Crippen MR) is 72.4 cm³/mol. The molecular weight excluding hydrogens is 316 g/mol. The molecule has 19 heavy (non-hydrogen) atoms. The molecule has 0 aliphatic carbocycles. The van der Waals surface area contributed by atoms with E-state index in [9.17, 15) is 8.78 Å². The second-order valence-corrected chi connectivity index (χ2v) is 4.88. The number of halogens is 3. The Morgan fingerprint density at radius 3 is 2.63 bits per heavy atom. The lowest BCUT2D eigenvalue weighted by atomic mass is 10.2. The van der Waals surface area contributed by atoms with Gasteiger partial charge >= 0.3 is 0 Å². The van der Waals surface area contributed by atoms with E-state index in [1.165, 1.54) is 6.07 Å². The van der Waals surface area contributed by atoms with Crippen LogP contribution in [0.4, 0.5) is 8.78 Å². The smallest absolute Gasteiger partial charge is 0.168 e. The van der Waals surface area contributed by atoms with Crippen molar-refractivity contribution in [3.63, 3.8) is 0 Å². The predicted octanol–water partition coefficient (Wildman–Crippen LogP) is 5.00. The van der Waals surface area contributed by atoms with E-state index in [-0.39, 0.29) is 5.75 Å². The topological polar surface area (TPSA) is 25.0 Å². The van der Waals surface area contributed by atoms with Crippen molar-refractivity contribution in [1.82, 2.24) is 4.98 Å². The van der Waals surface area contributed by atoms with Gasteiger partial charge < -0.3 is 9.72 Å². The fourth-order valence-electron chi connectivity index (χ4n) is 1.81. The molecule has 0 spiro atoms. The van der Waals surface area contributed by atoms with Gasteiger partial charge in [0.25, 0.3) is 0 Å². The minimum absolute atomic E-state index is 0.0167. The summed E-state index contributed by atoms with van der Waals surface area (Å²) in [4.78, 5) is 3.06. The van der Waals surface area contributed by atoms with Crippen molar-refractivity contribution < 1.29 is 13.5 Å². The molecule has 0 radical (unpaired) electrons. The molecular formula is C14H8BrF2NO. The van der Waals surface area contributed by atoms with Crippen LogP contribution in [0.15, 0.2) is 47.1 Å². The first-order valence-corrected chi connectivity index (χ1v) is 6.32. The third-order valence-corrected chi connectivity index (χ3v) is 3.34.